The number of hydrogen-bond acceptors (Lipinski definition) is 7. The molecule has 1 aliphatic rings. The molecule has 1 aromatic rings. The second-order valence-electron chi connectivity index (χ2n) is 6.85. The molecule has 0 fully saturated rings. The molecule has 0 saturated carbocycles. The number of carbonyl (C=O) groups is 3. The molecule has 28 heavy (non-hydrogen) atoms. The van der Waals surface area contributed by atoms with E-state index in [2.05, 4.69) is 0 Å². The lowest BCUT2D eigenvalue weighted by atomic mass is 10.1. The van der Waals surface area contributed by atoms with E-state index in [0.717, 1.165) is 12.8 Å². The van der Waals surface area contributed by atoms with Gasteiger partial charge in [0.25, 0.3) is 5.91 Å². The van der Waals surface area contributed by atoms with Gasteiger partial charge in [-0.15, -0.1) is 11.8 Å². The number of benzene rings is 1. The topological polar surface area (TPSA) is 76.1 Å². The second kappa shape index (κ2) is 10.5. The number of esters is 2. The van der Waals surface area contributed by atoms with Gasteiger partial charge in [-0.2, -0.15) is 0 Å². The van der Waals surface area contributed by atoms with E-state index in [1.807, 2.05) is 32.0 Å². The van der Waals surface area contributed by atoms with Crippen LogP contribution in [0.2, 0.25) is 0 Å². The van der Waals surface area contributed by atoms with E-state index in [0.29, 0.717) is 35.8 Å². The minimum absolute atomic E-state index is 0.253. The molecular formula is C20H28N2O5S. The molecule has 1 aliphatic heterocycles. The molecule has 154 valence electrons. The third-order valence-electron chi connectivity index (χ3n) is 4.24. The van der Waals surface area contributed by atoms with Crippen LogP contribution in [0.5, 0.6) is 0 Å². The van der Waals surface area contributed by atoms with Crippen LogP contribution in [0.3, 0.4) is 0 Å². The van der Waals surface area contributed by atoms with Crippen molar-refractivity contribution in [2.75, 3.05) is 44.4 Å². The summed E-state index contributed by atoms with van der Waals surface area (Å²) in [5, 5.41) is 0. The van der Waals surface area contributed by atoms with Crippen LogP contribution < -0.4 is 4.90 Å². The van der Waals surface area contributed by atoms with Crippen molar-refractivity contribution in [3.8, 4) is 0 Å². The van der Waals surface area contributed by atoms with E-state index in [1.54, 1.807) is 17.0 Å². The van der Waals surface area contributed by atoms with Crippen molar-refractivity contribution in [1.29, 1.82) is 0 Å². The number of amides is 1. The second-order valence-corrected chi connectivity index (χ2v) is 7.88. The minimum atomic E-state index is -0.888. The number of fused-ring (bicyclic) bond motifs is 1. The van der Waals surface area contributed by atoms with Crippen molar-refractivity contribution < 1.29 is 23.9 Å². The molecule has 2 rings (SSSR count). The summed E-state index contributed by atoms with van der Waals surface area (Å²) in [5.41, 5.74) is 1.08. The highest BCUT2D eigenvalue weighted by molar-refractivity contribution is 7.99. The van der Waals surface area contributed by atoms with Crippen LogP contribution in [-0.2, 0) is 19.1 Å². The fraction of sp³-hybridized carbons (Fsp3) is 0.550. The van der Waals surface area contributed by atoms with Crippen molar-refractivity contribution in [3.05, 3.63) is 23.8 Å². The molecule has 1 amide bonds. The lowest BCUT2D eigenvalue weighted by molar-refractivity contribution is -0.151. The maximum atomic E-state index is 13.0. The molecule has 0 saturated heterocycles. The van der Waals surface area contributed by atoms with E-state index < -0.39 is 18.0 Å². The lowest BCUT2D eigenvalue weighted by Gasteiger charge is -2.26. The van der Waals surface area contributed by atoms with Crippen molar-refractivity contribution in [3.63, 3.8) is 0 Å². The van der Waals surface area contributed by atoms with Gasteiger partial charge in [-0.25, -0.2) is 4.79 Å². The highest BCUT2D eigenvalue weighted by atomic mass is 32.2. The van der Waals surface area contributed by atoms with E-state index in [-0.39, 0.29) is 11.7 Å². The van der Waals surface area contributed by atoms with Crippen LogP contribution >= 0.6 is 11.8 Å². The molecule has 1 aromatic carbocycles. The van der Waals surface area contributed by atoms with Crippen LogP contribution in [0.15, 0.2) is 23.1 Å². The van der Waals surface area contributed by atoms with Gasteiger partial charge in [0.2, 0.25) is 0 Å². The van der Waals surface area contributed by atoms with Gasteiger partial charge in [-0.05, 0) is 32.6 Å². The zero-order valence-corrected chi connectivity index (χ0v) is 17.7. The molecular weight excluding hydrogens is 380 g/mol. The zero-order valence-electron chi connectivity index (χ0n) is 16.9. The Morgan fingerprint density at radius 3 is 2.71 bits per heavy atom. The zero-order chi connectivity index (χ0) is 20.7. The summed E-state index contributed by atoms with van der Waals surface area (Å²) in [6.07, 6.45) is 0.850. The fourth-order valence-corrected chi connectivity index (χ4v) is 3.94. The van der Waals surface area contributed by atoms with Gasteiger partial charge in [0.1, 0.15) is 0 Å². The Labute approximate surface area is 170 Å². The standard InChI is InChI=1S/C20H28N2O5S/c1-5-6-12-26-20(25)15-8-7-9-16-18(15)28-13-17(27-14(2)23)19(24)22(16)11-10-21(3)4/h7-9,17H,5-6,10-13H2,1-4H3/t17-/m1/s1. The van der Waals surface area contributed by atoms with Gasteiger partial charge in [0.15, 0.2) is 6.10 Å². The van der Waals surface area contributed by atoms with Crippen molar-refractivity contribution in [2.45, 2.75) is 37.7 Å². The van der Waals surface area contributed by atoms with E-state index in [4.69, 9.17) is 9.47 Å². The minimum Gasteiger partial charge on any atom is -0.462 e. The van der Waals surface area contributed by atoms with Crippen LogP contribution in [0, 0.1) is 0 Å². The lowest BCUT2D eigenvalue weighted by Crippen LogP contribution is -2.44. The Bertz CT molecular complexity index is 723. The summed E-state index contributed by atoms with van der Waals surface area (Å²) in [6, 6.07) is 5.27. The van der Waals surface area contributed by atoms with Gasteiger partial charge in [-0.3, -0.25) is 9.59 Å². The SMILES string of the molecule is CCCCOC(=O)c1cccc2c1SC[C@@H](OC(C)=O)C(=O)N2CCN(C)C. The first-order valence-corrected chi connectivity index (χ1v) is 10.4. The summed E-state index contributed by atoms with van der Waals surface area (Å²) < 4.78 is 10.6. The van der Waals surface area contributed by atoms with E-state index >= 15 is 0 Å². The third-order valence-corrected chi connectivity index (χ3v) is 5.42. The van der Waals surface area contributed by atoms with E-state index in [9.17, 15) is 14.4 Å². The number of nitrogens with zero attached hydrogens (tertiary/aromatic N) is 2. The maximum Gasteiger partial charge on any atom is 0.339 e. The van der Waals surface area contributed by atoms with Crippen LogP contribution in [0.25, 0.3) is 0 Å². The third kappa shape index (κ3) is 5.72. The molecule has 0 spiro atoms. The molecule has 7 nitrogen and oxygen atoms in total. The van der Waals surface area contributed by atoms with Crippen molar-refractivity contribution >= 4 is 35.3 Å². The number of ether oxygens (including phenoxy) is 2. The largest absolute Gasteiger partial charge is 0.462 e. The summed E-state index contributed by atoms with van der Waals surface area (Å²) in [5.74, 6) is -0.927. The number of hydrogen-bond donors (Lipinski definition) is 0. The molecule has 0 radical (unpaired) electrons. The molecule has 0 N–H and O–H groups in total. The van der Waals surface area contributed by atoms with Gasteiger partial charge in [-0.1, -0.05) is 19.4 Å². The smallest absolute Gasteiger partial charge is 0.339 e. The number of thioether (sulfide) groups is 1. The Kier molecular flexibility index (Phi) is 8.32. The predicted molar refractivity (Wildman–Crippen MR) is 109 cm³/mol. The maximum absolute atomic E-state index is 13.0. The Morgan fingerprint density at radius 1 is 1.32 bits per heavy atom. The summed E-state index contributed by atoms with van der Waals surface area (Å²) in [6.45, 7) is 4.74. The summed E-state index contributed by atoms with van der Waals surface area (Å²) in [4.78, 5) is 41.3. The molecule has 1 heterocycles. The average molecular weight is 409 g/mol. The first kappa shape index (κ1) is 22.2. The van der Waals surface area contributed by atoms with Crippen LogP contribution in [0.1, 0.15) is 37.0 Å². The van der Waals surface area contributed by atoms with Gasteiger partial charge in [0, 0.05) is 30.7 Å². The molecule has 8 heteroatoms. The van der Waals surface area contributed by atoms with Gasteiger partial charge < -0.3 is 19.3 Å². The predicted octanol–water partition coefficient (Wildman–Crippen LogP) is 2.58. The highest BCUT2D eigenvalue weighted by Crippen LogP contribution is 2.38. The normalized spacial score (nSPS) is 16.5. The first-order valence-electron chi connectivity index (χ1n) is 9.41. The molecule has 0 bridgehead atoms. The number of likely N-dealkylation sites (N-methyl/N-ethyl adjacent to an activating group) is 1. The number of carbonyl (C=O) groups excluding carboxylic acids is 3. The number of rotatable bonds is 8. The van der Waals surface area contributed by atoms with Crippen molar-refractivity contribution in [2.24, 2.45) is 0 Å². The van der Waals surface area contributed by atoms with E-state index in [1.165, 1.54) is 18.7 Å². The summed E-state index contributed by atoms with van der Waals surface area (Å²) in [7, 11) is 3.84. The highest BCUT2D eigenvalue weighted by Gasteiger charge is 2.34. The Morgan fingerprint density at radius 2 is 2.07 bits per heavy atom. The number of anilines is 1. The van der Waals surface area contributed by atoms with Crippen molar-refractivity contribution in [1.82, 2.24) is 4.90 Å². The van der Waals surface area contributed by atoms with Gasteiger partial charge in [0.05, 0.1) is 17.9 Å². The van der Waals surface area contributed by atoms with Gasteiger partial charge >= 0.3 is 11.9 Å². The molecule has 0 aliphatic carbocycles. The summed E-state index contributed by atoms with van der Waals surface area (Å²) >= 11 is 1.34. The Balaban J connectivity index is 2.38. The molecule has 0 unspecified atom stereocenters. The molecule has 1 atom stereocenters. The molecule has 0 aromatic heterocycles. The number of unbranched alkanes of at least 4 members (excludes halogenated alkanes) is 1. The van der Waals surface area contributed by atoms with Crippen LogP contribution in [-0.4, -0.2) is 68.4 Å². The fourth-order valence-electron chi connectivity index (χ4n) is 2.78. The monoisotopic (exact) mass is 408 g/mol. The van der Waals surface area contributed by atoms with Crippen LogP contribution in [0.4, 0.5) is 5.69 Å². The first-order chi connectivity index (χ1) is 13.3. The quantitative estimate of drug-likeness (QED) is 0.483. The Hall–Kier alpha value is -2.06. The average Bonchev–Trinajstić information content (AvgIpc) is 2.77.